The number of rotatable bonds is 1. The monoisotopic (exact) mass is 166 g/mol. The van der Waals surface area contributed by atoms with Gasteiger partial charge in [-0.15, -0.1) is 0 Å². The van der Waals surface area contributed by atoms with Gasteiger partial charge in [-0.05, 0) is 31.0 Å². The van der Waals surface area contributed by atoms with E-state index in [0.717, 1.165) is 5.69 Å². The van der Waals surface area contributed by atoms with Gasteiger partial charge in [-0.3, -0.25) is 5.84 Å². The zero-order valence-corrected chi connectivity index (χ0v) is 8.31. The van der Waals surface area contributed by atoms with Gasteiger partial charge in [0.1, 0.15) is 0 Å². The standard InChI is InChI=1S/C8H12N2.C2H6/c1-6-3-4-7(2)8(5-6)10-9;1-2/h3-5,10H,9H2,1-2H3;1-2H3. The van der Waals surface area contributed by atoms with Gasteiger partial charge >= 0.3 is 0 Å². The molecule has 2 nitrogen and oxygen atoms in total. The van der Waals surface area contributed by atoms with E-state index in [-0.39, 0.29) is 0 Å². The molecule has 3 N–H and O–H groups in total. The van der Waals surface area contributed by atoms with Crippen LogP contribution in [-0.2, 0) is 0 Å². The highest BCUT2D eigenvalue weighted by molar-refractivity contribution is 5.51. The van der Waals surface area contributed by atoms with Crippen LogP contribution in [0.2, 0.25) is 0 Å². The van der Waals surface area contributed by atoms with Crippen molar-refractivity contribution in [1.29, 1.82) is 0 Å². The quantitative estimate of drug-likeness (QED) is 0.497. The van der Waals surface area contributed by atoms with Crippen LogP contribution in [0, 0.1) is 13.8 Å². The fourth-order valence-corrected chi connectivity index (χ4v) is 0.891. The fraction of sp³-hybridized carbons (Fsp3) is 0.400. The number of nitrogens with one attached hydrogen (secondary N) is 1. The van der Waals surface area contributed by atoms with Crippen molar-refractivity contribution in [3.05, 3.63) is 29.3 Å². The first-order chi connectivity index (χ1) is 5.74. The van der Waals surface area contributed by atoms with Crippen molar-refractivity contribution in [3.8, 4) is 0 Å². The SMILES string of the molecule is CC.Cc1ccc(C)c(NN)c1. The summed E-state index contributed by atoms with van der Waals surface area (Å²) in [5.41, 5.74) is 6.03. The van der Waals surface area contributed by atoms with E-state index >= 15 is 0 Å². The second-order valence-corrected chi connectivity index (χ2v) is 2.46. The van der Waals surface area contributed by atoms with Crippen LogP contribution in [-0.4, -0.2) is 0 Å². The zero-order chi connectivity index (χ0) is 9.56. The Kier molecular flexibility index (Phi) is 5.13. The van der Waals surface area contributed by atoms with Crippen molar-refractivity contribution < 1.29 is 0 Å². The molecule has 0 unspecified atom stereocenters. The molecule has 0 atom stereocenters. The molecule has 0 aliphatic carbocycles. The Morgan fingerprint density at radius 3 is 2.17 bits per heavy atom. The first kappa shape index (κ1) is 11.0. The lowest BCUT2D eigenvalue weighted by molar-refractivity contribution is 1.29. The van der Waals surface area contributed by atoms with Crippen LogP contribution >= 0.6 is 0 Å². The molecule has 1 aromatic rings. The van der Waals surface area contributed by atoms with E-state index < -0.39 is 0 Å². The van der Waals surface area contributed by atoms with Gasteiger partial charge in [-0.1, -0.05) is 26.0 Å². The summed E-state index contributed by atoms with van der Waals surface area (Å²) in [4.78, 5) is 0. The van der Waals surface area contributed by atoms with Crippen molar-refractivity contribution in [2.75, 3.05) is 5.43 Å². The van der Waals surface area contributed by atoms with Crippen molar-refractivity contribution in [2.24, 2.45) is 5.84 Å². The third kappa shape index (κ3) is 2.93. The first-order valence-electron chi connectivity index (χ1n) is 4.28. The lowest BCUT2D eigenvalue weighted by atomic mass is 10.1. The lowest BCUT2D eigenvalue weighted by Crippen LogP contribution is -2.07. The Hall–Kier alpha value is -1.02. The topological polar surface area (TPSA) is 38.0 Å². The van der Waals surface area contributed by atoms with Crippen LogP contribution < -0.4 is 11.3 Å². The van der Waals surface area contributed by atoms with Crippen LogP contribution in [0.4, 0.5) is 5.69 Å². The molecule has 0 amide bonds. The highest BCUT2D eigenvalue weighted by Crippen LogP contribution is 2.14. The maximum atomic E-state index is 5.27. The van der Waals surface area contributed by atoms with Crippen LogP contribution in [0.3, 0.4) is 0 Å². The molecule has 1 aromatic carbocycles. The molecule has 1 rings (SSSR count). The lowest BCUT2D eigenvalue weighted by Gasteiger charge is -2.04. The molecular formula is C10H18N2. The maximum Gasteiger partial charge on any atom is 0.0516 e. The molecule has 2 heteroatoms. The number of benzene rings is 1. The van der Waals surface area contributed by atoms with Gasteiger partial charge in [0.2, 0.25) is 0 Å². The summed E-state index contributed by atoms with van der Waals surface area (Å²) in [6.45, 7) is 8.06. The highest BCUT2D eigenvalue weighted by atomic mass is 15.2. The minimum Gasteiger partial charge on any atom is -0.324 e. The van der Waals surface area contributed by atoms with Crippen molar-refractivity contribution >= 4 is 5.69 Å². The second-order valence-electron chi connectivity index (χ2n) is 2.46. The number of hydrogen-bond donors (Lipinski definition) is 2. The Morgan fingerprint density at radius 1 is 1.17 bits per heavy atom. The maximum absolute atomic E-state index is 5.27. The molecule has 0 saturated heterocycles. The van der Waals surface area contributed by atoms with E-state index in [2.05, 4.69) is 11.5 Å². The first-order valence-corrected chi connectivity index (χ1v) is 4.28. The van der Waals surface area contributed by atoms with Gasteiger partial charge in [-0.2, -0.15) is 0 Å². The number of nitrogen functional groups attached to an aromatic ring is 1. The molecule has 0 saturated carbocycles. The fourth-order valence-electron chi connectivity index (χ4n) is 0.891. The molecule has 0 spiro atoms. The van der Waals surface area contributed by atoms with E-state index in [1.165, 1.54) is 11.1 Å². The molecule has 12 heavy (non-hydrogen) atoms. The van der Waals surface area contributed by atoms with Crippen LogP contribution in [0.1, 0.15) is 25.0 Å². The summed E-state index contributed by atoms with van der Waals surface area (Å²) in [6, 6.07) is 6.13. The van der Waals surface area contributed by atoms with Gasteiger partial charge < -0.3 is 5.43 Å². The number of anilines is 1. The van der Waals surface area contributed by atoms with Crippen molar-refractivity contribution in [2.45, 2.75) is 27.7 Å². The predicted octanol–water partition coefficient (Wildman–Crippen LogP) is 2.62. The summed E-state index contributed by atoms with van der Waals surface area (Å²) in [7, 11) is 0. The van der Waals surface area contributed by atoms with Gasteiger partial charge in [0.15, 0.2) is 0 Å². The van der Waals surface area contributed by atoms with Crippen LogP contribution in [0.25, 0.3) is 0 Å². The third-order valence-corrected chi connectivity index (χ3v) is 1.55. The van der Waals surface area contributed by atoms with E-state index in [1.54, 1.807) is 0 Å². The average molecular weight is 166 g/mol. The smallest absolute Gasteiger partial charge is 0.0516 e. The molecule has 0 radical (unpaired) electrons. The Bertz CT molecular complexity index is 231. The molecule has 0 fully saturated rings. The minimum atomic E-state index is 1.00. The van der Waals surface area contributed by atoms with E-state index in [0.29, 0.717) is 0 Å². The van der Waals surface area contributed by atoms with Gasteiger partial charge in [0.05, 0.1) is 5.69 Å². The summed E-state index contributed by atoms with van der Waals surface area (Å²) >= 11 is 0. The molecule has 0 aromatic heterocycles. The molecule has 0 aliphatic rings. The molecule has 0 bridgehead atoms. The van der Waals surface area contributed by atoms with Crippen LogP contribution in [0.5, 0.6) is 0 Å². The number of aryl methyl sites for hydroxylation is 2. The largest absolute Gasteiger partial charge is 0.324 e. The zero-order valence-electron chi connectivity index (χ0n) is 8.31. The van der Waals surface area contributed by atoms with Crippen LogP contribution in [0.15, 0.2) is 18.2 Å². The Labute approximate surface area is 74.8 Å². The summed E-state index contributed by atoms with van der Waals surface area (Å²) in [5, 5.41) is 0. The molecule has 68 valence electrons. The summed E-state index contributed by atoms with van der Waals surface area (Å²) in [6.07, 6.45) is 0. The summed E-state index contributed by atoms with van der Waals surface area (Å²) < 4.78 is 0. The highest BCUT2D eigenvalue weighted by Gasteiger charge is 1.93. The van der Waals surface area contributed by atoms with Gasteiger partial charge in [0, 0.05) is 0 Å². The minimum absolute atomic E-state index is 1.00. The normalized spacial score (nSPS) is 8.42. The van der Waals surface area contributed by atoms with E-state index in [9.17, 15) is 0 Å². The van der Waals surface area contributed by atoms with Crippen molar-refractivity contribution in [3.63, 3.8) is 0 Å². The van der Waals surface area contributed by atoms with Gasteiger partial charge in [-0.25, -0.2) is 0 Å². The number of nitrogens with two attached hydrogens (primary N) is 1. The predicted molar refractivity (Wildman–Crippen MR) is 55.1 cm³/mol. The molecule has 0 aliphatic heterocycles. The van der Waals surface area contributed by atoms with Gasteiger partial charge in [0.25, 0.3) is 0 Å². The van der Waals surface area contributed by atoms with E-state index in [1.807, 2.05) is 39.8 Å². The summed E-state index contributed by atoms with van der Waals surface area (Å²) in [5.74, 6) is 5.27. The van der Waals surface area contributed by atoms with E-state index in [4.69, 9.17) is 5.84 Å². The second kappa shape index (κ2) is 5.61. The molecular weight excluding hydrogens is 148 g/mol. The molecule has 0 heterocycles. The van der Waals surface area contributed by atoms with Crippen molar-refractivity contribution in [1.82, 2.24) is 0 Å². The average Bonchev–Trinajstić information content (AvgIpc) is 2.13. The third-order valence-electron chi connectivity index (χ3n) is 1.55. The number of hydrogen-bond acceptors (Lipinski definition) is 2. The Balaban J connectivity index is 0.000000561. The Morgan fingerprint density at radius 2 is 1.75 bits per heavy atom. The number of hydrazine groups is 1.